The van der Waals surface area contributed by atoms with Crippen LogP contribution in [-0.4, -0.2) is 27.9 Å². The quantitative estimate of drug-likeness (QED) is 0.816. The summed E-state index contributed by atoms with van der Waals surface area (Å²) in [4.78, 5) is 6.01. The first-order chi connectivity index (χ1) is 8.83. The Morgan fingerprint density at radius 3 is 2.67 bits per heavy atom. The standard InChI is InChI=1S/C13H16N4S/c18-13-14-12(11-6-2-1-3-7-11)15-17(13)10-16-8-4-5-9-16/h1-3,6-7H,4-5,8-10H2,(H,14,15,18)/p+1. The van der Waals surface area contributed by atoms with Crippen LogP contribution in [0.4, 0.5) is 0 Å². The van der Waals surface area contributed by atoms with Crippen molar-refractivity contribution in [3.8, 4) is 11.4 Å². The van der Waals surface area contributed by atoms with Crippen molar-refractivity contribution in [2.75, 3.05) is 13.1 Å². The average molecular weight is 261 g/mol. The Balaban J connectivity index is 1.84. The molecule has 94 valence electrons. The van der Waals surface area contributed by atoms with Crippen molar-refractivity contribution in [1.82, 2.24) is 14.8 Å². The van der Waals surface area contributed by atoms with Crippen LogP contribution in [-0.2, 0) is 6.67 Å². The highest BCUT2D eigenvalue weighted by molar-refractivity contribution is 7.71. The molecule has 0 unspecified atom stereocenters. The molecule has 0 radical (unpaired) electrons. The van der Waals surface area contributed by atoms with Crippen LogP contribution in [0.3, 0.4) is 0 Å². The molecule has 2 N–H and O–H groups in total. The zero-order chi connectivity index (χ0) is 12.4. The highest BCUT2D eigenvalue weighted by Crippen LogP contribution is 2.13. The van der Waals surface area contributed by atoms with Gasteiger partial charge in [-0.25, -0.2) is 4.68 Å². The van der Waals surface area contributed by atoms with Crippen LogP contribution in [0, 0.1) is 4.77 Å². The molecule has 2 heterocycles. The van der Waals surface area contributed by atoms with Crippen molar-refractivity contribution in [2.45, 2.75) is 19.5 Å². The fourth-order valence-electron chi connectivity index (χ4n) is 2.45. The van der Waals surface area contributed by atoms with Crippen LogP contribution in [0.15, 0.2) is 30.3 Å². The minimum Gasteiger partial charge on any atom is -0.316 e. The van der Waals surface area contributed by atoms with Crippen molar-refractivity contribution in [1.29, 1.82) is 0 Å². The molecule has 4 nitrogen and oxygen atoms in total. The Morgan fingerprint density at radius 1 is 1.22 bits per heavy atom. The van der Waals surface area contributed by atoms with Crippen LogP contribution in [0.2, 0.25) is 0 Å². The Bertz CT molecular complexity index is 566. The minimum atomic E-state index is 0.647. The Morgan fingerprint density at radius 2 is 1.94 bits per heavy atom. The van der Waals surface area contributed by atoms with Crippen LogP contribution in [0.5, 0.6) is 0 Å². The third-order valence-corrected chi connectivity index (χ3v) is 3.73. The molecule has 1 saturated heterocycles. The van der Waals surface area contributed by atoms with Gasteiger partial charge in [0.1, 0.15) is 0 Å². The van der Waals surface area contributed by atoms with Crippen LogP contribution in [0.25, 0.3) is 11.4 Å². The lowest BCUT2D eigenvalue weighted by molar-refractivity contribution is -0.911. The predicted octanol–water partition coefficient (Wildman–Crippen LogP) is 1.24. The third-order valence-electron chi connectivity index (χ3n) is 3.42. The predicted molar refractivity (Wildman–Crippen MR) is 72.8 cm³/mol. The first kappa shape index (κ1) is 11.6. The number of aromatic nitrogens is 3. The van der Waals surface area contributed by atoms with E-state index in [1.54, 1.807) is 4.90 Å². The van der Waals surface area contributed by atoms with E-state index in [2.05, 4.69) is 10.1 Å². The van der Waals surface area contributed by atoms with Crippen LogP contribution in [0.1, 0.15) is 12.8 Å². The molecule has 5 heteroatoms. The zero-order valence-corrected chi connectivity index (χ0v) is 11.0. The molecule has 0 saturated carbocycles. The topological polar surface area (TPSA) is 38.0 Å². The van der Waals surface area contributed by atoms with Gasteiger partial charge >= 0.3 is 0 Å². The van der Waals surface area contributed by atoms with Crippen LogP contribution >= 0.6 is 12.2 Å². The number of H-pyrrole nitrogens is 1. The van der Waals surface area contributed by atoms with Crippen LogP contribution < -0.4 is 4.90 Å². The molecule has 0 atom stereocenters. The first-order valence-electron chi connectivity index (χ1n) is 6.39. The van der Waals surface area contributed by atoms with Crippen molar-refractivity contribution < 1.29 is 4.90 Å². The van der Waals surface area contributed by atoms with E-state index in [1.807, 2.05) is 35.0 Å². The number of rotatable bonds is 3. The zero-order valence-electron chi connectivity index (χ0n) is 10.2. The Kier molecular flexibility index (Phi) is 3.25. The highest BCUT2D eigenvalue weighted by atomic mass is 32.1. The number of hydrogen-bond acceptors (Lipinski definition) is 2. The van der Waals surface area contributed by atoms with E-state index in [9.17, 15) is 0 Å². The largest absolute Gasteiger partial charge is 0.316 e. The maximum absolute atomic E-state index is 5.31. The lowest BCUT2D eigenvalue weighted by Crippen LogP contribution is -3.09. The van der Waals surface area contributed by atoms with Gasteiger partial charge in [0.25, 0.3) is 0 Å². The molecule has 0 spiro atoms. The van der Waals surface area contributed by atoms with E-state index in [4.69, 9.17) is 12.2 Å². The molecule has 0 amide bonds. The number of quaternary nitrogens is 1. The summed E-state index contributed by atoms with van der Waals surface area (Å²) in [6.45, 7) is 3.38. The van der Waals surface area contributed by atoms with Crippen molar-refractivity contribution in [3.63, 3.8) is 0 Å². The summed E-state index contributed by atoms with van der Waals surface area (Å²) in [6, 6.07) is 10.1. The third kappa shape index (κ3) is 2.37. The van der Waals surface area contributed by atoms with E-state index in [0.717, 1.165) is 18.1 Å². The van der Waals surface area contributed by atoms with E-state index in [-0.39, 0.29) is 0 Å². The second-order valence-electron chi connectivity index (χ2n) is 4.76. The maximum atomic E-state index is 5.31. The number of benzene rings is 1. The molecule has 3 rings (SSSR count). The van der Waals surface area contributed by atoms with Gasteiger partial charge in [-0.2, -0.15) is 4.98 Å². The second kappa shape index (κ2) is 5.04. The summed E-state index contributed by atoms with van der Waals surface area (Å²) in [7, 11) is 0. The van der Waals surface area contributed by atoms with Gasteiger partial charge in [-0.1, -0.05) is 30.3 Å². The van der Waals surface area contributed by atoms with Gasteiger partial charge in [0.05, 0.1) is 13.1 Å². The summed E-state index contributed by atoms with van der Waals surface area (Å²) in [5, 5.41) is 3.31. The van der Waals surface area contributed by atoms with Crippen molar-refractivity contribution in [3.05, 3.63) is 35.1 Å². The molecule has 0 bridgehead atoms. The van der Waals surface area contributed by atoms with Crippen molar-refractivity contribution >= 4 is 12.2 Å². The molecule has 1 fully saturated rings. The molecule has 1 aromatic carbocycles. The van der Waals surface area contributed by atoms with Gasteiger partial charge in [0.2, 0.25) is 4.77 Å². The summed E-state index contributed by atoms with van der Waals surface area (Å²) in [6.07, 6.45) is 2.64. The Labute approximate surface area is 111 Å². The van der Waals surface area contributed by atoms with Gasteiger partial charge in [-0.3, -0.25) is 5.10 Å². The van der Waals surface area contributed by atoms with Gasteiger partial charge in [-0.15, -0.1) is 0 Å². The molecule has 18 heavy (non-hydrogen) atoms. The molecular weight excluding hydrogens is 244 g/mol. The van der Waals surface area contributed by atoms with Crippen molar-refractivity contribution in [2.24, 2.45) is 0 Å². The molecular formula is C13H17N4S+. The van der Waals surface area contributed by atoms with E-state index >= 15 is 0 Å². The minimum absolute atomic E-state index is 0.647. The maximum Gasteiger partial charge on any atom is 0.221 e. The summed E-state index contributed by atoms with van der Waals surface area (Å²) in [5.41, 5.74) is 1.08. The summed E-state index contributed by atoms with van der Waals surface area (Å²) >= 11 is 5.31. The van der Waals surface area contributed by atoms with Gasteiger partial charge in [0, 0.05) is 18.4 Å². The second-order valence-corrected chi connectivity index (χ2v) is 5.13. The number of likely N-dealkylation sites (tertiary alicyclic amines) is 1. The van der Waals surface area contributed by atoms with E-state index < -0.39 is 0 Å². The molecule has 1 aliphatic heterocycles. The molecule has 0 aliphatic carbocycles. The van der Waals surface area contributed by atoms with E-state index in [1.165, 1.54) is 25.9 Å². The lowest BCUT2D eigenvalue weighted by Gasteiger charge is -2.11. The number of aromatic amines is 1. The number of nitrogens with zero attached hydrogens (tertiary/aromatic N) is 2. The number of nitrogens with one attached hydrogen (secondary N) is 2. The fourth-order valence-corrected chi connectivity index (χ4v) is 2.65. The summed E-state index contributed by atoms with van der Waals surface area (Å²) in [5.74, 6) is 0.860. The fraction of sp³-hybridized carbons (Fsp3) is 0.385. The first-order valence-corrected chi connectivity index (χ1v) is 6.79. The smallest absolute Gasteiger partial charge is 0.221 e. The molecule has 2 aromatic rings. The van der Waals surface area contributed by atoms with Gasteiger partial charge in [0.15, 0.2) is 12.5 Å². The monoisotopic (exact) mass is 261 g/mol. The van der Waals surface area contributed by atoms with Gasteiger partial charge < -0.3 is 4.90 Å². The highest BCUT2D eigenvalue weighted by Gasteiger charge is 2.16. The SMILES string of the molecule is S=c1nc(-c2ccccc2)[nH]n1C[NH+]1CCCC1. The van der Waals surface area contributed by atoms with E-state index in [0.29, 0.717) is 4.77 Å². The Hall–Kier alpha value is -1.46. The molecule has 1 aliphatic rings. The average Bonchev–Trinajstić information content (AvgIpc) is 3.02. The molecule has 1 aromatic heterocycles. The summed E-state index contributed by atoms with van der Waals surface area (Å²) < 4.78 is 2.63. The lowest BCUT2D eigenvalue weighted by atomic mass is 10.2. The van der Waals surface area contributed by atoms with Gasteiger partial charge in [-0.05, 0) is 12.2 Å². The number of hydrogen-bond donors (Lipinski definition) is 2. The normalized spacial score (nSPS) is 16.2.